The quantitative estimate of drug-likeness (QED) is 0.888. The molecule has 1 aromatic heterocycles. The summed E-state index contributed by atoms with van der Waals surface area (Å²) in [5, 5.41) is 0. The largest absolute Gasteiger partial charge is 0.333 e. The van der Waals surface area contributed by atoms with Crippen LogP contribution in [0.15, 0.2) is 24.4 Å². The van der Waals surface area contributed by atoms with Gasteiger partial charge in [-0.3, -0.25) is 0 Å². The third-order valence-electron chi connectivity index (χ3n) is 2.55. The summed E-state index contributed by atoms with van der Waals surface area (Å²) in [5.74, 6) is -0.444. The van der Waals surface area contributed by atoms with Crippen molar-refractivity contribution in [1.29, 1.82) is 0 Å². The Bertz CT molecular complexity index is 535. The van der Waals surface area contributed by atoms with E-state index in [-0.39, 0.29) is 0 Å². The van der Waals surface area contributed by atoms with Crippen molar-refractivity contribution >= 4 is 0 Å². The fourth-order valence-electron chi connectivity index (χ4n) is 1.70. The average Bonchev–Trinajstić information content (AvgIpc) is 2.60. The third kappa shape index (κ3) is 2.34. The molecule has 2 rings (SSSR count). The van der Waals surface area contributed by atoms with E-state index in [9.17, 15) is 8.78 Å². The minimum Gasteiger partial charge on any atom is -0.333 e. The van der Waals surface area contributed by atoms with E-state index in [1.165, 1.54) is 12.1 Å². The lowest BCUT2D eigenvalue weighted by molar-refractivity contribution is 0.585. The number of aryl methyl sites for hydroxylation is 1. The van der Waals surface area contributed by atoms with Crippen LogP contribution in [0, 0.1) is 18.6 Å². The fraction of sp³-hybridized carbons (Fsp3) is 0.250. The standard InChI is InChI=1S/C12H13F2N3/c1-8-16-12(7-17(8)5-4-15)10-3-2-9(13)6-11(10)14/h2-3,6-7H,4-5,15H2,1H3. The number of halogens is 2. The first kappa shape index (κ1) is 11.7. The first-order valence-corrected chi connectivity index (χ1v) is 5.31. The molecule has 0 aliphatic rings. The zero-order chi connectivity index (χ0) is 12.4. The molecule has 90 valence electrons. The molecule has 0 aliphatic heterocycles. The number of hydrogen-bond donors (Lipinski definition) is 1. The molecule has 0 bridgehead atoms. The number of nitrogens with zero attached hydrogens (tertiary/aromatic N) is 2. The van der Waals surface area contributed by atoms with E-state index in [2.05, 4.69) is 4.98 Å². The van der Waals surface area contributed by atoms with Crippen molar-refractivity contribution in [2.24, 2.45) is 5.73 Å². The Labute approximate surface area is 97.9 Å². The molecule has 2 N–H and O–H groups in total. The Morgan fingerprint density at radius 3 is 2.76 bits per heavy atom. The summed E-state index contributed by atoms with van der Waals surface area (Å²) >= 11 is 0. The van der Waals surface area contributed by atoms with Crippen LogP contribution < -0.4 is 5.73 Å². The van der Waals surface area contributed by atoms with Gasteiger partial charge in [0.05, 0.1) is 5.69 Å². The van der Waals surface area contributed by atoms with Crippen LogP contribution in [0.4, 0.5) is 8.78 Å². The maximum atomic E-state index is 13.5. The first-order valence-electron chi connectivity index (χ1n) is 5.31. The Morgan fingerprint density at radius 2 is 2.12 bits per heavy atom. The van der Waals surface area contributed by atoms with E-state index >= 15 is 0 Å². The molecule has 17 heavy (non-hydrogen) atoms. The van der Waals surface area contributed by atoms with Crippen molar-refractivity contribution in [3.05, 3.63) is 41.9 Å². The van der Waals surface area contributed by atoms with Gasteiger partial charge in [-0.25, -0.2) is 13.8 Å². The Kier molecular flexibility index (Phi) is 3.19. The van der Waals surface area contributed by atoms with Gasteiger partial charge in [0.1, 0.15) is 17.5 Å². The van der Waals surface area contributed by atoms with Crippen LogP contribution in [0.3, 0.4) is 0 Å². The van der Waals surface area contributed by atoms with Crippen LogP contribution in [-0.2, 0) is 6.54 Å². The third-order valence-corrected chi connectivity index (χ3v) is 2.55. The molecule has 0 unspecified atom stereocenters. The lowest BCUT2D eigenvalue weighted by Crippen LogP contribution is -2.10. The van der Waals surface area contributed by atoms with Crippen molar-refractivity contribution in [3.8, 4) is 11.3 Å². The highest BCUT2D eigenvalue weighted by molar-refractivity contribution is 5.59. The number of hydrogen-bond acceptors (Lipinski definition) is 2. The number of nitrogens with two attached hydrogens (primary N) is 1. The minimum atomic E-state index is -0.609. The molecule has 0 spiro atoms. The summed E-state index contributed by atoms with van der Waals surface area (Å²) in [4.78, 5) is 4.23. The van der Waals surface area contributed by atoms with Crippen molar-refractivity contribution < 1.29 is 8.78 Å². The van der Waals surface area contributed by atoms with Crippen LogP contribution in [0.25, 0.3) is 11.3 Å². The predicted molar refractivity (Wildman–Crippen MR) is 61.4 cm³/mol. The molecule has 1 aromatic carbocycles. The highest BCUT2D eigenvalue weighted by atomic mass is 19.1. The van der Waals surface area contributed by atoms with E-state index in [0.717, 1.165) is 11.9 Å². The van der Waals surface area contributed by atoms with Gasteiger partial charge in [-0.15, -0.1) is 0 Å². The SMILES string of the molecule is Cc1nc(-c2ccc(F)cc2F)cn1CCN. The molecule has 0 saturated carbocycles. The van der Waals surface area contributed by atoms with Gasteiger partial charge in [0, 0.05) is 30.9 Å². The van der Waals surface area contributed by atoms with Gasteiger partial charge in [-0.05, 0) is 19.1 Å². The fourth-order valence-corrected chi connectivity index (χ4v) is 1.70. The first-order chi connectivity index (χ1) is 8.11. The summed E-state index contributed by atoms with van der Waals surface area (Å²) in [6, 6.07) is 3.46. The minimum absolute atomic E-state index is 0.297. The topological polar surface area (TPSA) is 43.8 Å². The number of rotatable bonds is 3. The zero-order valence-electron chi connectivity index (χ0n) is 9.45. The molecule has 0 aliphatic carbocycles. The maximum Gasteiger partial charge on any atom is 0.135 e. The second-order valence-electron chi connectivity index (χ2n) is 3.78. The molecule has 2 aromatic rings. The van der Waals surface area contributed by atoms with Crippen molar-refractivity contribution in [2.45, 2.75) is 13.5 Å². The van der Waals surface area contributed by atoms with Crippen molar-refractivity contribution in [1.82, 2.24) is 9.55 Å². The molecule has 0 atom stereocenters. The summed E-state index contributed by atoms with van der Waals surface area (Å²) < 4.78 is 28.2. The molecule has 5 heteroatoms. The van der Waals surface area contributed by atoms with E-state index < -0.39 is 11.6 Å². The van der Waals surface area contributed by atoms with Gasteiger partial charge in [0.25, 0.3) is 0 Å². The molecule has 0 fully saturated rings. The lowest BCUT2D eigenvalue weighted by atomic mass is 10.1. The second kappa shape index (κ2) is 4.63. The van der Waals surface area contributed by atoms with Gasteiger partial charge >= 0.3 is 0 Å². The van der Waals surface area contributed by atoms with E-state index in [1.807, 2.05) is 11.5 Å². The van der Waals surface area contributed by atoms with E-state index in [0.29, 0.717) is 24.3 Å². The molecular formula is C12H13F2N3. The summed E-state index contributed by atoms with van der Waals surface area (Å²) in [5.41, 5.74) is 6.25. The second-order valence-corrected chi connectivity index (χ2v) is 3.78. The number of aromatic nitrogens is 2. The van der Waals surface area contributed by atoms with Gasteiger partial charge in [-0.2, -0.15) is 0 Å². The molecule has 3 nitrogen and oxygen atoms in total. The highest BCUT2D eigenvalue weighted by Crippen LogP contribution is 2.22. The number of imidazole rings is 1. The van der Waals surface area contributed by atoms with Crippen molar-refractivity contribution in [2.75, 3.05) is 6.54 Å². The Balaban J connectivity index is 2.42. The zero-order valence-corrected chi connectivity index (χ0v) is 9.45. The van der Waals surface area contributed by atoms with Crippen LogP contribution in [0.5, 0.6) is 0 Å². The summed E-state index contributed by atoms with van der Waals surface area (Å²) in [6.07, 6.45) is 1.72. The van der Waals surface area contributed by atoms with Gasteiger partial charge < -0.3 is 10.3 Å². The highest BCUT2D eigenvalue weighted by Gasteiger charge is 2.11. The van der Waals surface area contributed by atoms with E-state index in [4.69, 9.17) is 5.73 Å². The molecule has 0 amide bonds. The van der Waals surface area contributed by atoms with Gasteiger partial charge in [0.15, 0.2) is 0 Å². The van der Waals surface area contributed by atoms with Crippen LogP contribution in [0.2, 0.25) is 0 Å². The molecule has 1 heterocycles. The smallest absolute Gasteiger partial charge is 0.135 e. The van der Waals surface area contributed by atoms with Crippen LogP contribution in [-0.4, -0.2) is 16.1 Å². The van der Waals surface area contributed by atoms with Gasteiger partial charge in [-0.1, -0.05) is 0 Å². The molecule has 0 saturated heterocycles. The maximum absolute atomic E-state index is 13.5. The number of benzene rings is 1. The summed E-state index contributed by atoms with van der Waals surface area (Å²) in [6.45, 7) is 2.94. The average molecular weight is 237 g/mol. The van der Waals surface area contributed by atoms with Crippen LogP contribution in [0.1, 0.15) is 5.82 Å². The lowest BCUT2D eigenvalue weighted by Gasteiger charge is -2.00. The summed E-state index contributed by atoms with van der Waals surface area (Å²) in [7, 11) is 0. The van der Waals surface area contributed by atoms with Crippen molar-refractivity contribution in [3.63, 3.8) is 0 Å². The van der Waals surface area contributed by atoms with Crippen LogP contribution >= 0.6 is 0 Å². The monoisotopic (exact) mass is 237 g/mol. The predicted octanol–water partition coefficient (Wildman–Crippen LogP) is 2.10. The Morgan fingerprint density at radius 1 is 1.35 bits per heavy atom. The van der Waals surface area contributed by atoms with E-state index in [1.54, 1.807) is 6.20 Å². The Hall–Kier alpha value is -1.75. The molecule has 0 radical (unpaired) electrons. The molecular weight excluding hydrogens is 224 g/mol. The normalized spacial score (nSPS) is 10.8. The van der Waals surface area contributed by atoms with Gasteiger partial charge in [0.2, 0.25) is 0 Å².